The Kier molecular flexibility index (Phi) is 5.57. The van der Waals surface area contributed by atoms with Crippen LogP contribution in [0.1, 0.15) is 18.1 Å². The molecule has 3 N–H and O–H groups in total. The third kappa shape index (κ3) is 5.03. The largest absolute Gasteiger partial charge is 0.508 e. The fraction of sp³-hybridized carbons (Fsp3) is 0.176. The van der Waals surface area contributed by atoms with Crippen molar-refractivity contribution in [2.45, 2.75) is 13.3 Å². The number of hydrazone groups is 1. The lowest BCUT2D eigenvalue weighted by molar-refractivity contribution is -0.120. The van der Waals surface area contributed by atoms with Gasteiger partial charge in [-0.3, -0.25) is 4.79 Å². The second-order valence-corrected chi connectivity index (χ2v) is 4.80. The van der Waals surface area contributed by atoms with E-state index in [1.807, 2.05) is 6.92 Å². The molecule has 0 aliphatic carbocycles. The molecule has 0 saturated heterocycles. The summed E-state index contributed by atoms with van der Waals surface area (Å²) in [7, 11) is 0. The number of aromatic hydroxyl groups is 2. The van der Waals surface area contributed by atoms with Crippen molar-refractivity contribution in [3.63, 3.8) is 0 Å². The van der Waals surface area contributed by atoms with Crippen molar-refractivity contribution in [3.8, 4) is 17.2 Å². The number of nitrogens with zero attached hydrogens (tertiary/aromatic N) is 1. The number of carbonyl (C=O) groups excluding carboxylic acids is 1. The summed E-state index contributed by atoms with van der Waals surface area (Å²) in [5, 5.41) is 22.8. The normalized spacial score (nSPS) is 10.7. The predicted molar refractivity (Wildman–Crippen MR) is 86.8 cm³/mol. The molecular formula is C17H18N2O4. The summed E-state index contributed by atoms with van der Waals surface area (Å²) in [4.78, 5) is 11.8. The minimum Gasteiger partial charge on any atom is -0.508 e. The Morgan fingerprint density at radius 3 is 2.83 bits per heavy atom. The highest BCUT2D eigenvalue weighted by atomic mass is 16.5. The molecule has 0 bridgehead atoms. The first-order valence-electron chi connectivity index (χ1n) is 7.14. The average Bonchev–Trinajstić information content (AvgIpc) is 2.50. The van der Waals surface area contributed by atoms with Crippen LogP contribution in [-0.2, 0) is 11.2 Å². The lowest BCUT2D eigenvalue weighted by Gasteiger charge is -2.06. The Morgan fingerprint density at radius 2 is 2.09 bits per heavy atom. The van der Waals surface area contributed by atoms with Crippen LogP contribution < -0.4 is 10.2 Å². The van der Waals surface area contributed by atoms with Gasteiger partial charge in [0.15, 0.2) is 11.5 Å². The number of phenols is 2. The SMILES string of the molecule is CCOc1cc(C=NNC(=O)Cc2cccc(O)c2)ccc1O. The highest BCUT2D eigenvalue weighted by Gasteiger charge is 2.04. The molecule has 0 radical (unpaired) electrons. The van der Waals surface area contributed by atoms with E-state index >= 15 is 0 Å². The summed E-state index contributed by atoms with van der Waals surface area (Å²) in [6.07, 6.45) is 1.58. The summed E-state index contributed by atoms with van der Waals surface area (Å²) >= 11 is 0. The monoisotopic (exact) mass is 314 g/mol. The number of hydrogen-bond donors (Lipinski definition) is 3. The first kappa shape index (κ1) is 16.4. The third-order valence-electron chi connectivity index (χ3n) is 2.96. The highest BCUT2D eigenvalue weighted by molar-refractivity contribution is 5.84. The van der Waals surface area contributed by atoms with E-state index in [4.69, 9.17) is 4.74 Å². The smallest absolute Gasteiger partial charge is 0.244 e. The van der Waals surface area contributed by atoms with Crippen molar-refractivity contribution in [2.75, 3.05) is 6.61 Å². The van der Waals surface area contributed by atoms with Gasteiger partial charge in [-0.15, -0.1) is 0 Å². The van der Waals surface area contributed by atoms with Gasteiger partial charge in [-0.25, -0.2) is 5.43 Å². The van der Waals surface area contributed by atoms with Crippen LogP contribution in [0.5, 0.6) is 17.2 Å². The highest BCUT2D eigenvalue weighted by Crippen LogP contribution is 2.26. The van der Waals surface area contributed by atoms with Crippen molar-refractivity contribution in [1.29, 1.82) is 0 Å². The molecule has 0 atom stereocenters. The molecule has 6 nitrogen and oxygen atoms in total. The molecule has 1 amide bonds. The molecule has 0 unspecified atom stereocenters. The van der Waals surface area contributed by atoms with Gasteiger partial charge in [0, 0.05) is 0 Å². The average molecular weight is 314 g/mol. The van der Waals surface area contributed by atoms with Crippen LogP contribution in [0.2, 0.25) is 0 Å². The summed E-state index contributed by atoms with van der Waals surface area (Å²) in [5.74, 6) is 0.237. The van der Waals surface area contributed by atoms with Crippen molar-refractivity contribution in [2.24, 2.45) is 5.10 Å². The number of rotatable bonds is 6. The molecule has 2 aromatic carbocycles. The molecule has 0 aliphatic heterocycles. The molecule has 2 aromatic rings. The predicted octanol–water partition coefficient (Wildman–Crippen LogP) is 2.19. The Labute approximate surface area is 134 Å². The molecule has 2 rings (SSSR count). The number of carbonyl (C=O) groups is 1. The molecule has 0 saturated carbocycles. The van der Waals surface area contributed by atoms with E-state index in [1.165, 1.54) is 18.3 Å². The van der Waals surface area contributed by atoms with E-state index in [9.17, 15) is 15.0 Å². The molecule has 0 spiro atoms. The van der Waals surface area contributed by atoms with E-state index in [0.29, 0.717) is 23.5 Å². The zero-order valence-electron chi connectivity index (χ0n) is 12.7. The Morgan fingerprint density at radius 1 is 1.26 bits per heavy atom. The van der Waals surface area contributed by atoms with Crippen molar-refractivity contribution in [3.05, 3.63) is 53.6 Å². The van der Waals surface area contributed by atoms with Gasteiger partial charge >= 0.3 is 0 Å². The van der Waals surface area contributed by atoms with Gasteiger partial charge in [-0.1, -0.05) is 12.1 Å². The third-order valence-corrected chi connectivity index (χ3v) is 2.96. The molecule has 0 aromatic heterocycles. The lowest BCUT2D eigenvalue weighted by Crippen LogP contribution is -2.19. The zero-order valence-corrected chi connectivity index (χ0v) is 12.7. The van der Waals surface area contributed by atoms with Gasteiger partial charge in [-0.05, 0) is 48.4 Å². The molecule has 120 valence electrons. The quantitative estimate of drug-likeness (QED) is 0.563. The molecule has 23 heavy (non-hydrogen) atoms. The number of nitrogens with one attached hydrogen (secondary N) is 1. The first-order valence-corrected chi connectivity index (χ1v) is 7.14. The molecular weight excluding hydrogens is 296 g/mol. The van der Waals surface area contributed by atoms with E-state index in [0.717, 1.165) is 0 Å². The van der Waals surface area contributed by atoms with Crippen molar-refractivity contribution in [1.82, 2.24) is 5.43 Å². The molecule has 0 fully saturated rings. The van der Waals surface area contributed by atoms with Crippen molar-refractivity contribution >= 4 is 12.1 Å². The molecule has 0 heterocycles. The Balaban J connectivity index is 1.93. The van der Waals surface area contributed by atoms with Crippen LogP contribution in [0.25, 0.3) is 0 Å². The maximum atomic E-state index is 11.8. The Bertz CT molecular complexity index is 713. The topological polar surface area (TPSA) is 91.2 Å². The maximum Gasteiger partial charge on any atom is 0.244 e. The number of hydrogen-bond acceptors (Lipinski definition) is 5. The van der Waals surface area contributed by atoms with Crippen molar-refractivity contribution < 1.29 is 19.7 Å². The minimum absolute atomic E-state index is 0.0527. The van der Waals surface area contributed by atoms with Crippen LogP contribution in [-0.4, -0.2) is 28.9 Å². The van der Waals surface area contributed by atoms with Gasteiger partial charge in [0.1, 0.15) is 5.75 Å². The lowest BCUT2D eigenvalue weighted by atomic mass is 10.1. The van der Waals surface area contributed by atoms with E-state index in [2.05, 4.69) is 10.5 Å². The molecule has 6 heteroatoms. The number of amides is 1. The van der Waals surface area contributed by atoms with Gasteiger partial charge in [0.25, 0.3) is 0 Å². The summed E-state index contributed by atoms with van der Waals surface area (Å²) < 4.78 is 5.27. The first-order chi connectivity index (χ1) is 11.1. The number of benzene rings is 2. The van der Waals surface area contributed by atoms with E-state index in [-0.39, 0.29) is 23.8 Å². The van der Waals surface area contributed by atoms with Crippen LogP contribution in [0.3, 0.4) is 0 Å². The fourth-order valence-corrected chi connectivity index (χ4v) is 1.95. The Hall–Kier alpha value is -3.02. The number of phenolic OH excluding ortho intramolecular Hbond substituents is 2. The summed E-state index contributed by atoms with van der Waals surface area (Å²) in [5.41, 5.74) is 3.79. The van der Waals surface area contributed by atoms with Crippen LogP contribution in [0.15, 0.2) is 47.6 Å². The zero-order chi connectivity index (χ0) is 16.7. The van der Waals surface area contributed by atoms with Crippen LogP contribution in [0, 0.1) is 0 Å². The van der Waals surface area contributed by atoms with E-state index < -0.39 is 0 Å². The molecule has 0 aliphatic rings. The van der Waals surface area contributed by atoms with Gasteiger partial charge in [-0.2, -0.15) is 5.10 Å². The van der Waals surface area contributed by atoms with Crippen LogP contribution >= 0.6 is 0 Å². The van der Waals surface area contributed by atoms with Gasteiger partial charge in [0.05, 0.1) is 19.2 Å². The summed E-state index contributed by atoms with van der Waals surface area (Å²) in [6, 6.07) is 11.3. The van der Waals surface area contributed by atoms with Crippen LogP contribution in [0.4, 0.5) is 0 Å². The second kappa shape index (κ2) is 7.84. The van der Waals surface area contributed by atoms with Gasteiger partial charge in [0.2, 0.25) is 5.91 Å². The summed E-state index contributed by atoms with van der Waals surface area (Å²) in [6.45, 7) is 2.26. The van der Waals surface area contributed by atoms with Gasteiger partial charge < -0.3 is 14.9 Å². The number of ether oxygens (including phenoxy) is 1. The standard InChI is InChI=1S/C17H18N2O4/c1-2-23-16-9-13(6-7-15(16)21)11-18-19-17(22)10-12-4-3-5-14(20)8-12/h3-9,11,20-21H,2,10H2,1H3,(H,19,22). The van der Waals surface area contributed by atoms with E-state index in [1.54, 1.807) is 30.3 Å². The second-order valence-electron chi connectivity index (χ2n) is 4.80. The maximum absolute atomic E-state index is 11.8. The fourth-order valence-electron chi connectivity index (χ4n) is 1.95. The minimum atomic E-state index is -0.296.